The van der Waals surface area contributed by atoms with E-state index in [4.69, 9.17) is 5.73 Å². The fourth-order valence-corrected chi connectivity index (χ4v) is 3.89. The Labute approximate surface area is 122 Å². The molecule has 0 spiro atoms. The van der Waals surface area contributed by atoms with Gasteiger partial charge in [0, 0.05) is 6.04 Å². The zero-order valence-electron chi connectivity index (χ0n) is 11.3. The van der Waals surface area contributed by atoms with Gasteiger partial charge in [-0.1, -0.05) is 6.92 Å². The lowest BCUT2D eigenvalue weighted by Crippen LogP contribution is -2.38. The summed E-state index contributed by atoms with van der Waals surface area (Å²) in [7, 11) is -3.47. The van der Waals surface area contributed by atoms with E-state index in [1.165, 1.54) is 0 Å². The Kier molecular flexibility index (Phi) is 4.19. The first kappa shape index (κ1) is 15.0. The number of amides is 1. The Bertz CT molecular complexity index is 607. The van der Waals surface area contributed by atoms with Crippen molar-refractivity contribution in [2.24, 2.45) is 0 Å². The molecule has 0 bridgehead atoms. The van der Waals surface area contributed by atoms with Crippen molar-refractivity contribution in [1.82, 2.24) is 9.69 Å². The van der Waals surface area contributed by atoms with Crippen molar-refractivity contribution in [3.8, 4) is 0 Å². The van der Waals surface area contributed by atoms with E-state index < -0.39 is 15.9 Å². The minimum absolute atomic E-state index is 0.00364. The van der Waals surface area contributed by atoms with Crippen LogP contribution in [0.2, 0.25) is 0 Å². The summed E-state index contributed by atoms with van der Waals surface area (Å²) in [6.07, 6.45) is 2.00. The third-order valence-electron chi connectivity index (χ3n) is 3.03. The van der Waals surface area contributed by atoms with Gasteiger partial charge in [0.25, 0.3) is 0 Å². The van der Waals surface area contributed by atoms with Crippen LogP contribution in [0.1, 0.15) is 26.7 Å². The van der Waals surface area contributed by atoms with Gasteiger partial charge in [0.05, 0.1) is 5.75 Å². The minimum Gasteiger partial charge on any atom is -0.382 e. The number of nitrogen functional groups attached to an aromatic ring is 1. The summed E-state index contributed by atoms with van der Waals surface area (Å²) >= 11 is 0.953. The number of nitrogens with zero attached hydrogens (tertiary/aromatic N) is 1. The van der Waals surface area contributed by atoms with Crippen molar-refractivity contribution in [2.45, 2.75) is 43.7 Å². The van der Waals surface area contributed by atoms with Crippen molar-refractivity contribution in [1.29, 1.82) is 0 Å². The second kappa shape index (κ2) is 5.57. The highest BCUT2D eigenvalue weighted by Crippen LogP contribution is 2.32. The minimum atomic E-state index is -3.47. The third kappa shape index (κ3) is 3.21. The fraction of sp³-hybridized carbons (Fsp3) is 0.636. The van der Waals surface area contributed by atoms with E-state index in [0.29, 0.717) is 5.00 Å². The first-order chi connectivity index (χ1) is 9.35. The molecule has 0 saturated heterocycles. The molecule has 1 unspecified atom stereocenters. The van der Waals surface area contributed by atoms with E-state index in [9.17, 15) is 13.2 Å². The number of carbonyl (C=O) groups is 1. The van der Waals surface area contributed by atoms with Crippen LogP contribution in [0.3, 0.4) is 0 Å². The van der Waals surface area contributed by atoms with E-state index in [2.05, 4.69) is 15.0 Å². The maximum absolute atomic E-state index is 12.0. The van der Waals surface area contributed by atoms with E-state index in [0.717, 1.165) is 24.4 Å². The molecule has 0 aliphatic heterocycles. The smallest absolute Gasteiger partial charge is 0.242 e. The number of sulfone groups is 1. The Morgan fingerprint density at radius 2 is 2.20 bits per heavy atom. The lowest BCUT2D eigenvalue weighted by molar-refractivity contribution is -0.121. The van der Waals surface area contributed by atoms with Crippen molar-refractivity contribution < 1.29 is 13.2 Å². The van der Waals surface area contributed by atoms with Gasteiger partial charge in [-0.3, -0.25) is 4.79 Å². The second-order valence-corrected chi connectivity index (χ2v) is 7.77. The largest absolute Gasteiger partial charge is 0.382 e. The van der Waals surface area contributed by atoms with Crippen molar-refractivity contribution in [3.05, 3.63) is 0 Å². The molecule has 1 aromatic heterocycles. The van der Waals surface area contributed by atoms with Crippen LogP contribution < -0.4 is 16.4 Å². The molecule has 1 aliphatic carbocycles. The molecule has 112 valence electrons. The van der Waals surface area contributed by atoms with E-state index in [1.807, 2.05) is 0 Å². The van der Waals surface area contributed by atoms with Crippen LogP contribution in [0.5, 0.6) is 0 Å². The highest BCUT2D eigenvalue weighted by atomic mass is 32.2. The van der Waals surface area contributed by atoms with E-state index >= 15 is 0 Å². The normalized spacial score (nSPS) is 16.7. The molecular weight excluding hydrogens is 300 g/mol. The summed E-state index contributed by atoms with van der Waals surface area (Å²) in [6.45, 7) is 3.22. The molecule has 0 aromatic carbocycles. The average Bonchev–Trinajstić information content (AvgIpc) is 3.12. The van der Waals surface area contributed by atoms with Crippen molar-refractivity contribution in [2.75, 3.05) is 16.8 Å². The zero-order chi connectivity index (χ0) is 14.9. The number of carbonyl (C=O) groups excluding carboxylic acids is 1. The monoisotopic (exact) mass is 318 g/mol. The van der Waals surface area contributed by atoms with Crippen LogP contribution in [0, 0.1) is 0 Å². The summed E-state index contributed by atoms with van der Waals surface area (Å²) < 4.78 is 27.8. The predicted octanol–water partition coefficient (Wildman–Crippen LogP) is 0.598. The summed E-state index contributed by atoms with van der Waals surface area (Å²) in [5.41, 5.74) is 5.63. The van der Waals surface area contributed by atoms with Gasteiger partial charge in [-0.25, -0.2) is 8.42 Å². The fourth-order valence-electron chi connectivity index (χ4n) is 1.65. The van der Waals surface area contributed by atoms with Crippen LogP contribution in [-0.4, -0.2) is 36.5 Å². The number of nitrogens with two attached hydrogens (primary N) is 1. The SMILES string of the molecule is CCS(=O)(=O)c1c(N)nsc1NC(C)C(=O)NC1CC1. The third-order valence-corrected chi connectivity index (χ3v) is 5.75. The molecule has 2 rings (SSSR count). The first-order valence-electron chi connectivity index (χ1n) is 6.40. The average molecular weight is 318 g/mol. The quantitative estimate of drug-likeness (QED) is 0.707. The van der Waals surface area contributed by atoms with Crippen molar-refractivity contribution >= 4 is 38.1 Å². The summed E-state index contributed by atoms with van der Waals surface area (Å²) in [5, 5.41) is 6.07. The van der Waals surface area contributed by atoms with Gasteiger partial charge in [0.1, 0.15) is 15.9 Å². The molecule has 1 amide bonds. The van der Waals surface area contributed by atoms with Gasteiger partial charge in [-0.2, -0.15) is 4.37 Å². The molecule has 9 heteroatoms. The van der Waals surface area contributed by atoms with Gasteiger partial charge < -0.3 is 16.4 Å². The molecular formula is C11H18N4O3S2. The molecule has 1 aromatic rings. The van der Waals surface area contributed by atoms with Crippen LogP contribution in [-0.2, 0) is 14.6 Å². The highest BCUT2D eigenvalue weighted by Gasteiger charge is 2.28. The molecule has 1 heterocycles. The molecule has 1 atom stereocenters. The Balaban J connectivity index is 2.15. The van der Waals surface area contributed by atoms with Crippen LogP contribution in [0.25, 0.3) is 0 Å². The van der Waals surface area contributed by atoms with Gasteiger partial charge in [-0.15, -0.1) is 0 Å². The lowest BCUT2D eigenvalue weighted by atomic mass is 10.3. The van der Waals surface area contributed by atoms with Gasteiger partial charge >= 0.3 is 0 Å². The maximum Gasteiger partial charge on any atom is 0.242 e. The molecule has 20 heavy (non-hydrogen) atoms. The second-order valence-electron chi connectivity index (χ2n) is 4.78. The van der Waals surface area contributed by atoms with Crippen LogP contribution in [0.15, 0.2) is 4.90 Å². The maximum atomic E-state index is 12.0. The van der Waals surface area contributed by atoms with Crippen molar-refractivity contribution in [3.63, 3.8) is 0 Å². The first-order valence-corrected chi connectivity index (χ1v) is 8.82. The van der Waals surface area contributed by atoms with E-state index in [1.54, 1.807) is 13.8 Å². The van der Waals surface area contributed by atoms with E-state index in [-0.39, 0.29) is 28.4 Å². The number of aromatic nitrogens is 1. The molecule has 7 nitrogen and oxygen atoms in total. The topological polar surface area (TPSA) is 114 Å². The molecule has 1 fully saturated rings. The van der Waals surface area contributed by atoms with Crippen LogP contribution >= 0.6 is 11.5 Å². The molecule has 0 radical (unpaired) electrons. The summed E-state index contributed by atoms with van der Waals surface area (Å²) in [6, 6.07) is -0.279. The number of nitrogens with one attached hydrogen (secondary N) is 2. The molecule has 1 aliphatic rings. The number of hydrogen-bond donors (Lipinski definition) is 3. The van der Waals surface area contributed by atoms with Gasteiger partial charge in [0.2, 0.25) is 5.91 Å². The summed E-state index contributed by atoms with van der Waals surface area (Å²) in [5.74, 6) is -0.235. The summed E-state index contributed by atoms with van der Waals surface area (Å²) in [4.78, 5) is 11.9. The zero-order valence-corrected chi connectivity index (χ0v) is 13.0. The standard InChI is InChI=1S/C11H18N4O3S2/c1-3-20(17,18)8-9(12)15-19-11(8)13-6(2)10(16)14-7-4-5-7/h6-7,13H,3-5H2,1-2H3,(H2,12,15)(H,14,16). The Hall–Kier alpha value is -1.35. The number of hydrogen-bond acceptors (Lipinski definition) is 7. The van der Waals surface area contributed by atoms with Gasteiger partial charge in [-0.05, 0) is 31.3 Å². The molecule has 1 saturated carbocycles. The number of rotatable bonds is 6. The lowest BCUT2D eigenvalue weighted by Gasteiger charge is -2.14. The van der Waals surface area contributed by atoms with Crippen LogP contribution in [0.4, 0.5) is 10.8 Å². The molecule has 4 N–H and O–H groups in total. The highest BCUT2D eigenvalue weighted by molar-refractivity contribution is 7.91. The Morgan fingerprint density at radius 1 is 1.55 bits per heavy atom. The Morgan fingerprint density at radius 3 is 2.75 bits per heavy atom. The van der Waals surface area contributed by atoms with Gasteiger partial charge in [0.15, 0.2) is 15.7 Å². The number of anilines is 2. The predicted molar refractivity (Wildman–Crippen MR) is 78.5 cm³/mol.